The highest BCUT2D eigenvalue weighted by molar-refractivity contribution is 5.82. The zero-order chi connectivity index (χ0) is 11.4. The number of morpholine rings is 1. The van der Waals surface area contributed by atoms with Crippen molar-refractivity contribution in [3.8, 4) is 0 Å². The van der Waals surface area contributed by atoms with E-state index in [0.29, 0.717) is 12.5 Å². The van der Waals surface area contributed by atoms with Crippen molar-refractivity contribution < 1.29 is 9.53 Å². The SMILES string of the molecule is C[C@H]1OCCN[C@@H]1C(=O)NCC1CCNC1. The molecule has 2 fully saturated rings. The first-order valence-corrected chi connectivity index (χ1v) is 6.11. The Balaban J connectivity index is 1.73. The molecular weight excluding hydrogens is 206 g/mol. The summed E-state index contributed by atoms with van der Waals surface area (Å²) in [6.07, 6.45) is 1.13. The Bertz CT molecular complexity index is 241. The van der Waals surface area contributed by atoms with E-state index in [1.165, 1.54) is 0 Å². The molecule has 5 nitrogen and oxygen atoms in total. The van der Waals surface area contributed by atoms with Crippen molar-refractivity contribution in [3.63, 3.8) is 0 Å². The van der Waals surface area contributed by atoms with Gasteiger partial charge in [0, 0.05) is 13.1 Å². The minimum Gasteiger partial charge on any atom is -0.375 e. The lowest BCUT2D eigenvalue weighted by atomic mass is 10.1. The third kappa shape index (κ3) is 2.93. The topological polar surface area (TPSA) is 62.4 Å². The van der Waals surface area contributed by atoms with E-state index in [0.717, 1.165) is 32.6 Å². The van der Waals surface area contributed by atoms with Crippen LogP contribution in [0.3, 0.4) is 0 Å². The molecule has 16 heavy (non-hydrogen) atoms. The molecule has 2 heterocycles. The van der Waals surface area contributed by atoms with E-state index in [1.54, 1.807) is 0 Å². The van der Waals surface area contributed by atoms with Crippen LogP contribution in [-0.4, -0.2) is 50.8 Å². The van der Waals surface area contributed by atoms with Crippen LogP contribution >= 0.6 is 0 Å². The van der Waals surface area contributed by atoms with Gasteiger partial charge in [-0.2, -0.15) is 0 Å². The molecular formula is C11H21N3O2. The third-order valence-corrected chi connectivity index (χ3v) is 3.33. The fourth-order valence-electron chi connectivity index (χ4n) is 2.27. The van der Waals surface area contributed by atoms with E-state index < -0.39 is 0 Å². The number of carbonyl (C=O) groups excluding carboxylic acids is 1. The molecule has 0 aromatic heterocycles. The van der Waals surface area contributed by atoms with Crippen LogP contribution in [0.5, 0.6) is 0 Å². The lowest BCUT2D eigenvalue weighted by Gasteiger charge is -2.29. The van der Waals surface area contributed by atoms with E-state index in [1.807, 2.05) is 6.92 Å². The number of rotatable bonds is 3. The van der Waals surface area contributed by atoms with E-state index in [9.17, 15) is 4.79 Å². The molecule has 2 aliphatic heterocycles. The van der Waals surface area contributed by atoms with Gasteiger partial charge in [0.05, 0.1) is 12.7 Å². The Morgan fingerprint density at radius 1 is 1.50 bits per heavy atom. The summed E-state index contributed by atoms with van der Waals surface area (Å²) in [7, 11) is 0. The highest BCUT2D eigenvalue weighted by atomic mass is 16.5. The summed E-state index contributed by atoms with van der Waals surface area (Å²) in [6.45, 7) is 6.25. The molecule has 2 rings (SSSR count). The van der Waals surface area contributed by atoms with Crippen molar-refractivity contribution in [2.75, 3.05) is 32.8 Å². The molecule has 92 valence electrons. The molecule has 5 heteroatoms. The first kappa shape index (κ1) is 11.8. The van der Waals surface area contributed by atoms with Crippen LogP contribution in [0.25, 0.3) is 0 Å². The number of ether oxygens (including phenoxy) is 1. The molecule has 2 saturated heterocycles. The Labute approximate surface area is 96.3 Å². The summed E-state index contributed by atoms with van der Waals surface area (Å²) in [6, 6.07) is -0.192. The van der Waals surface area contributed by atoms with Gasteiger partial charge in [0.1, 0.15) is 6.04 Å². The van der Waals surface area contributed by atoms with Gasteiger partial charge in [-0.25, -0.2) is 0 Å². The van der Waals surface area contributed by atoms with E-state index in [2.05, 4.69) is 16.0 Å². The average molecular weight is 227 g/mol. The van der Waals surface area contributed by atoms with Crippen LogP contribution in [0.1, 0.15) is 13.3 Å². The Hall–Kier alpha value is -0.650. The van der Waals surface area contributed by atoms with Crippen LogP contribution in [0.2, 0.25) is 0 Å². The standard InChI is InChI=1S/C11H21N3O2/c1-8-10(13-4-5-16-8)11(15)14-7-9-2-3-12-6-9/h8-10,12-13H,2-7H2,1H3,(H,14,15)/t8-,9?,10+/m1/s1. The maximum atomic E-state index is 11.9. The van der Waals surface area contributed by atoms with Crippen LogP contribution in [0.15, 0.2) is 0 Å². The van der Waals surface area contributed by atoms with Crippen molar-refractivity contribution in [1.29, 1.82) is 0 Å². The van der Waals surface area contributed by atoms with Gasteiger partial charge in [0.25, 0.3) is 0 Å². The summed E-state index contributed by atoms with van der Waals surface area (Å²) in [5, 5.41) is 9.49. The van der Waals surface area contributed by atoms with Crippen molar-refractivity contribution in [2.45, 2.75) is 25.5 Å². The Kier molecular flexibility index (Phi) is 4.15. The molecule has 0 aliphatic carbocycles. The normalized spacial score (nSPS) is 34.9. The predicted molar refractivity (Wildman–Crippen MR) is 61.2 cm³/mol. The summed E-state index contributed by atoms with van der Waals surface area (Å²) in [5.74, 6) is 0.655. The second-order valence-electron chi connectivity index (χ2n) is 4.61. The Morgan fingerprint density at radius 2 is 2.38 bits per heavy atom. The van der Waals surface area contributed by atoms with Crippen LogP contribution < -0.4 is 16.0 Å². The summed E-state index contributed by atoms with van der Waals surface area (Å²) in [4.78, 5) is 11.9. The molecule has 0 aromatic rings. The minimum atomic E-state index is -0.192. The fourth-order valence-corrected chi connectivity index (χ4v) is 2.27. The molecule has 3 atom stereocenters. The van der Waals surface area contributed by atoms with Crippen LogP contribution in [-0.2, 0) is 9.53 Å². The van der Waals surface area contributed by atoms with E-state index >= 15 is 0 Å². The quantitative estimate of drug-likeness (QED) is 0.584. The highest BCUT2D eigenvalue weighted by Gasteiger charge is 2.28. The fraction of sp³-hybridized carbons (Fsp3) is 0.909. The zero-order valence-corrected chi connectivity index (χ0v) is 9.79. The third-order valence-electron chi connectivity index (χ3n) is 3.33. The molecule has 1 amide bonds. The molecule has 3 N–H and O–H groups in total. The first-order chi connectivity index (χ1) is 7.77. The number of hydrogen-bond acceptors (Lipinski definition) is 4. The smallest absolute Gasteiger partial charge is 0.239 e. The molecule has 0 aromatic carbocycles. The lowest BCUT2D eigenvalue weighted by Crippen LogP contribution is -2.56. The number of carbonyl (C=O) groups is 1. The largest absolute Gasteiger partial charge is 0.375 e. The van der Waals surface area contributed by atoms with Crippen molar-refractivity contribution in [1.82, 2.24) is 16.0 Å². The summed E-state index contributed by atoms with van der Waals surface area (Å²) in [5.41, 5.74) is 0. The molecule has 2 aliphatic rings. The second kappa shape index (κ2) is 5.61. The number of amides is 1. The molecule has 0 radical (unpaired) electrons. The van der Waals surface area contributed by atoms with E-state index in [4.69, 9.17) is 4.74 Å². The van der Waals surface area contributed by atoms with E-state index in [-0.39, 0.29) is 18.1 Å². The zero-order valence-electron chi connectivity index (χ0n) is 9.79. The van der Waals surface area contributed by atoms with Crippen LogP contribution in [0, 0.1) is 5.92 Å². The average Bonchev–Trinajstić information content (AvgIpc) is 2.79. The molecule has 0 bridgehead atoms. The summed E-state index contributed by atoms with van der Waals surface area (Å²) < 4.78 is 5.45. The van der Waals surface area contributed by atoms with Gasteiger partial charge >= 0.3 is 0 Å². The van der Waals surface area contributed by atoms with Crippen molar-refractivity contribution in [2.24, 2.45) is 5.92 Å². The molecule has 0 spiro atoms. The summed E-state index contributed by atoms with van der Waals surface area (Å²) >= 11 is 0. The maximum absolute atomic E-state index is 11.9. The maximum Gasteiger partial charge on any atom is 0.239 e. The molecule has 1 unspecified atom stereocenters. The molecule has 0 saturated carbocycles. The monoisotopic (exact) mass is 227 g/mol. The van der Waals surface area contributed by atoms with Gasteiger partial charge in [0.15, 0.2) is 0 Å². The number of nitrogens with one attached hydrogen (secondary N) is 3. The van der Waals surface area contributed by atoms with Gasteiger partial charge < -0.3 is 20.7 Å². The lowest BCUT2D eigenvalue weighted by molar-refractivity contribution is -0.129. The first-order valence-electron chi connectivity index (χ1n) is 6.11. The van der Waals surface area contributed by atoms with Gasteiger partial charge in [0.2, 0.25) is 5.91 Å². The second-order valence-corrected chi connectivity index (χ2v) is 4.61. The van der Waals surface area contributed by atoms with Crippen molar-refractivity contribution in [3.05, 3.63) is 0 Å². The predicted octanol–water partition coefficient (Wildman–Crippen LogP) is -0.911. The number of hydrogen-bond donors (Lipinski definition) is 3. The van der Waals surface area contributed by atoms with Gasteiger partial charge in [-0.05, 0) is 32.4 Å². The van der Waals surface area contributed by atoms with Gasteiger partial charge in [-0.3, -0.25) is 4.79 Å². The van der Waals surface area contributed by atoms with Gasteiger partial charge in [-0.1, -0.05) is 0 Å². The minimum absolute atomic E-state index is 0.0320. The van der Waals surface area contributed by atoms with Crippen LogP contribution in [0.4, 0.5) is 0 Å². The van der Waals surface area contributed by atoms with Crippen molar-refractivity contribution >= 4 is 5.91 Å². The highest BCUT2D eigenvalue weighted by Crippen LogP contribution is 2.07. The van der Waals surface area contributed by atoms with Gasteiger partial charge in [-0.15, -0.1) is 0 Å². The Morgan fingerprint density at radius 3 is 3.06 bits per heavy atom.